The van der Waals surface area contributed by atoms with E-state index < -0.39 is 0 Å². The van der Waals surface area contributed by atoms with Crippen LogP contribution in [0.5, 0.6) is 5.75 Å². The van der Waals surface area contributed by atoms with Gasteiger partial charge in [-0.1, -0.05) is 31.2 Å². The molecule has 106 valence electrons. The molecule has 0 aliphatic carbocycles. The second kappa shape index (κ2) is 5.75. The van der Waals surface area contributed by atoms with Gasteiger partial charge in [-0.05, 0) is 46.7 Å². The summed E-state index contributed by atoms with van der Waals surface area (Å²) in [6.07, 6.45) is 1.02. The number of aromatic nitrogens is 4. The third-order valence-corrected chi connectivity index (χ3v) is 3.41. The largest absolute Gasteiger partial charge is 0.497 e. The molecule has 0 aliphatic heterocycles. The van der Waals surface area contributed by atoms with E-state index in [0.717, 1.165) is 29.2 Å². The van der Waals surface area contributed by atoms with Crippen LogP contribution < -0.4 is 4.74 Å². The van der Waals surface area contributed by atoms with Crippen LogP contribution in [0, 0.1) is 0 Å². The summed E-state index contributed by atoms with van der Waals surface area (Å²) in [4.78, 5) is 0. The lowest BCUT2D eigenvalue weighted by Crippen LogP contribution is -2.00. The van der Waals surface area contributed by atoms with Crippen LogP contribution in [0.2, 0.25) is 0 Å². The molecule has 0 N–H and O–H groups in total. The molecule has 2 aromatic carbocycles. The van der Waals surface area contributed by atoms with Gasteiger partial charge in [0.15, 0.2) is 5.82 Å². The summed E-state index contributed by atoms with van der Waals surface area (Å²) in [6.45, 7) is 2.14. The minimum Gasteiger partial charge on any atom is -0.497 e. The molecule has 0 atom stereocenters. The number of ether oxygens (including phenoxy) is 1. The molecule has 0 aliphatic rings. The molecule has 0 bridgehead atoms. The lowest BCUT2D eigenvalue weighted by atomic mass is 10.1. The SMILES string of the molecule is CCc1ccc(-c2nnnn2-c2ccc(OC)cc2)cc1. The fraction of sp³-hybridized carbons (Fsp3) is 0.188. The molecular formula is C16H16N4O. The first-order valence-corrected chi connectivity index (χ1v) is 6.84. The van der Waals surface area contributed by atoms with E-state index in [9.17, 15) is 0 Å². The van der Waals surface area contributed by atoms with Crippen molar-refractivity contribution >= 4 is 0 Å². The number of rotatable bonds is 4. The fourth-order valence-corrected chi connectivity index (χ4v) is 2.15. The van der Waals surface area contributed by atoms with Crippen molar-refractivity contribution < 1.29 is 4.74 Å². The predicted octanol–water partition coefficient (Wildman–Crippen LogP) is 2.90. The summed E-state index contributed by atoms with van der Waals surface area (Å²) in [5.74, 6) is 1.53. The number of methoxy groups -OCH3 is 1. The Hall–Kier alpha value is -2.69. The quantitative estimate of drug-likeness (QED) is 0.737. The first kappa shape index (κ1) is 13.3. The molecule has 3 rings (SSSR count). The Morgan fingerprint density at radius 1 is 1.00 bits per heavy atom. The molecule has 0 spiro atoms. The van der Waals surface area contributed by atoms with Gasteiger partial charge in [0.05, 0.1) is 12.8 Å². The number of benzene rings is 2. The summed E-state index contributed by atoms with van der Waals surface area (Å²) < 4.78 is 6.89. The third-order valence-electron chi connectivity index (χ3n) is 3.41. The maximum absolute atomic E-state index is 5.17. The molecule has 5 nitrogen and oxygen atoms in total. The van der Waals surface area contributed by atoms with Gasteiger partial charge >= 0.3 is 0 Å². The summed E-state index contributed by atoms with van der Waals surface area (Å²) in [5.41, 5.74) is 3.19. The number of hydrogen-bond acceptors (Lipinski definition) is 4. The van der Waals surface area contributed by atoms with Gasteiger partial charge in [-0.2, -0.15) is 4.68 Å². The average Bonchev–Trinajstić information content (AvgIpc) is 3.04. The molecule has 0 radical (unpaired) electrons. The van der Waals surface area contributed by atoms with Crippen LogP contribution in [0.1, 0.15) is 12.5 Å². The molecule has 0 saturated heterocycles. The average molecular weight is 280 g/mol. The van der Waals surface area contributed by atoms with E-state index in [1.54, 1.807) is 11.8 Å². The molecule has 21 heavy (non-hydrogen) atoms. The van der Waals surface area contributed by atoms with Crippen LogP contribution in [-0.2, 0) is 6.42 Å². The summed E-state index contributed by atoms with van der Waals surface area (Å²) in [5, 5.41) is 12.0. The van der Waals surface area contributed by atoms with Gasteiger partial charge in [0, 0.05) is 5.56 Å². The number of nitrogens with zero attached hydrogens (tertiary/aromatic N) is 4. The Labute approximate surface area is 123 Å². The lowest BCUT2D eigenvalue weighted by molar-refractivity contribution is 0.414. The molecule has 1 heterocycles. The second-order valence-corrected chi connectivity index (χ2v) is 4.66. The van der Waals surface area contributed by atoms with Crippen molar-refractivity contribution in [3.8, 4) is 22.8 Å². The first-order chi connectivity index (χ1) is 10.3. The van der Waals surface area contributed by atoms with E-state index in [2.05, 4.69) is 34.6 Å². The standard InChI is InChI=1S/C16H16N4O/c1-3-12-4-6-13(7-5-12)16-17-18-19-20(16)14-8-10-15(21-2)11-9-14/h4-11H,3H2,1-2H3. The highest BCUT2D eigenvalue weighted by molar-refractivity contribution is 5.57. The minimum atomic E-state index is 0.725. The Morgan fingerprint density at radius 3 is 2.33 bits per heavy atom. The highest BCUT2D eigenvalue weighted by Gasteiger charge is 2.10. The topological polar surface area (TPSA) is 52.8 Å². The number of aryl methyl sites for hydroxylation is 1. The van der Waals surface area contributed by atoms with Crippen molar-refractivity contribution in [3.05, 3.63) is 54.1 Å². The fourth-order valence-electron chi connectivity index (χ4n) is 2.15. The van der Waals surface area contributed by atoms with E-state index in [4.69, 9.17) is 4.74 Å². The van der Waals surface area contributed by atoms with Crippen LogP contribution in [0.4, 0.5) is 0 Å². The van der Waals surface area contributed by atoms with Gasteiger partial charge < -0.3 is 4.74 Å². The molecule has 1 aromatic heterocycles. The Morgan fingerprint density at radius 2 is 1.71 bits per heavy atom. The maximum atomic E-state index is 5.17. The van der Waals surface area contributed by atoms with Crippen molar-refractivity contribution in [2.75, 3.05) is 7.11 Å². The maximum Gasteiger partial charge on any atom is 0.187 e. The summed E-state index contributed by atoms with van der Waals surface area (Å²) >= 11 is 0. The highest BCUT2D eigenvalue weighted by Crippen LogP contribution is 2.21. The van der Waals surface area contributed by atoms with Gasteiger partial charge in [-0.25, -0.2) is 0 Å². The zero-order valence-electron chi connectivity index (χ0n) is 12.0. The monoisotopic (exact) mass is 280 g/mol. The van der Waals surface area contributed by atoms with Crippen molar-refractivity contribution in [3.63, 3.8) is 0 Å². The van der Waals surface area contributed by atoms with E-state index in [1.807, 2.05) is 36.4 Å². The minimum absolute atomic E-state index is 0.725. The van der Waals surface area contributed by atoms with Crippen LogP contribution in [0.25, 0.3) is 17.1 Å². The molecule has 0 saturated carbocycles. The normalized spacial score (nSPS) is 10.6. The molecule has 3 aromatic rings. The van der Waals surface area contributed by atoms with Gasteiger partial charge in [0.1, 0.15) is 5.75 Å². The molecule has 0 fully saturated rings. The van der Waals surface area contributed by atoms with Crippen LogP contribution in [0.15, 0.2) is 48.5 Å². The smallest absolute Gasteiger partial charge is 0.187 e. The molecular weight excluding hydrogens is 264 g/mol. The van der Waals surface area contributed by atoms with Gasteiger partial charge in [-0.15, -0.1) is 5.10 Å². The molecule has 0 unspecified atom stereocenters. The van der Waals surface area contributed by atoms with E-state index in [-0.39, 0.29) is 0 Å². The highest BCUT2D eigenvalue weighted by atomic mass is 16.5. The van der Waals surface area contributed by atoms with Crippen molar-refractivity contribution in [2.45, 2.75) is 13.3 Å². The summed E-state index contributed by atoms with van der Waals surface area (Å²) in [6, 6.07) is 15.9. The van der Waals surface area contributed by atoms with Gasteiger partial charge in [-0.3, -0.25) is 0 Å². The predicted molar refractivity (Wildman–Crippen MR) is 80.5 cm³/mol. The Balaban J connectivity index is 1.99. The zero-order chi connectivity index (χ0) is 14.7. The molecule has 5 heteroatoms. The van der Waals surface area contributed by atoms with Crippen molar-refractivity contribution in [1.29, 1.82) is 0 Å². The van der Waals surface area contributed by atoms with Crippen molar-refractivity contribution in [2.24, 2.45) is 0 Å². The third kappa shape index (κ3) is 2.63. The number of tetrazole rings is 1. The lowest BCUT2D eigenvalue weighted by Gasteiger charge is -2.06. The van der Waals surface area contributed by atoms with Crippen LogP contribution >= 0.6 is 0 Å². The van der Waals surface area contributed by atoms with Gasteiger partial charge in [0.2, 0.25) is 0 Å². The first-order valence-electron chi connectivity index (χ1n) is 6.84. The Bertz CT molecular complexity index is 655. The summed E-state index contributed by atoms with van der Waals surface area (Å²) in [7, 11) is 1.65. The van der Waals surface area contributed by atoms with Gasteiger partial charge in [0.25, 0.3) is 0 Å². The molecule has 0 amide bonds. The van der Waals surface area contributed by atoms with Crippen molar-refractivity contribution in [1.82, 2.24) is 20.2 Å². The van der Waals surface area contributed by atoms with E-state index in [1.165, 1.54) is 5.56 Å². The Kier molecular flexibility index (Phi) is 3.64. The van der Waals surface area contributed by atoms with Crippen LogP contribution in [0.3, 0.4) is 0 Å². The zero-order valence-corrected chi connectivity index (χ0v) is 12.0. The number of hydrogen-bond donors (Lipinski definition) is 0. The second-order valence-electron chi connectivity index (χ2n) is 4.66. The van der Waals surface area contributed by atoms with E-state index in [0.29, 0.717) is 0 Å². The van der Waals surface area contributed by atoms with Crippen LogP contribution in [-0.4, -0.2) is 27.3 Å². The van der Waals surface area contributed by atoms with E-state index >= 15 is 0 Å².